The zero-order chi connectivity index (χ0) is 23.8. The molecule has 0 fully saturated rings. The molecule has 172 valence electrons. The van der Waals surface area contributed by atoms with Crippen molar-refractivity contribution in [3.05, 3.63) is 88.7 Å². The van der Waals surface area contributed by atoms with Gasteiger partial charge in [0, 0.05) is 5.69 Å². The number of hydrogen-bond donors (Lipinski definition) is 1. The molecule has 0 unspecified atom stereocenters. The minimum absolute atomic E-state index is 0.137. The third-order valence-electron chi connectivity index (χ3n) is 5.07. The summed E-state index contributed by atoms with van der Waals surface area (Å²) >= 11 is 0. The van der Waals surface area contributed by atoms with Crippen molar-refractivity contribution in [3.63, 3.8) is 0 Å². The quantitative estimate of drug-likeness (QED) is 0.360. The predicted octanol–water partition coefficient (Wildman–Crippen LogP) is 5.60. The van der Waals surface area contributed by atoms with Gasteiger partial charge in [0.2, 0.25) is 0 Å². The normalized spacial score (nSPS) is 10.7. The number of aryl methyl sites for hydroxylation is 2. The Kier molecular flexibility index (Phi) is 8.19. The lowest BCUT2D eigenvalue weighted by molar-refractivity contribution is 0.0460. The Balaban J connectivity index is 1.70. The molecule has 2 aromatic carbocycles. The van der Waals surface area contributed by atoms with E-state index in [1.807, 2.05) is 67.6 Å². The number of amides is 1. The van der Waals surface area contributed by atoms with Gasteiger partial charge in [-0.1, -0.05) is 74.0 Å². The van der Waals surface area contributed by atoms with Crippen LogP contribution in [-0.4, -0.2) is 23.8 Å². The Morgan fingerprint density at radius 1 is 0.970 bits per heavy atom. The highest BCUT2D eigenvalue weighted by atomic mass is 16.6. The number of nitrogens with zero attached hydrogens (tertiary/aromatic N) is 1. The van der Waals surface area contributed by atoms with Gasteiger partial charge in [-0.05, 0) is 48.9 Å². The zero-order valence-corrected chi connectivity index (χ0v) is 19.6. The molecule has 6 heteroatoms. The molecule has 0 spiro atoms. The second-order valence-corrected chi connectivity index (χ2v) is 8.40. The van der Waals surface area contributed by atoms with Crippen LogP contribution in [0.3, 0.4) is 0 Å². The number of carbonyl (C=O) groups is 2. The average Bonchev–Trinajstić information content (AvgIpc) is 2.78. The predicted molar refractivity (Wildman–Crippen MR) is 128 cm³/mol. The van der Waals surface area contributed by atoms with Crippen LogP contribution < -0.4 is 5.32 Å². The first-order chi connectivity index (χ1) is 15.8. The highest BCUT2D eigenvalue weighted by Gasteiger charge is 2.20. The summed E-state index contributed by atoms with van der Waals surface area (Å²) in [5.74, 6) is -0.110. The first-order valence-electron chi connectivity index (χ1n) is 11.0. The topological polar surface area (TPSA) is 77.5 Å². The van der Waals surface area contributed by atoms with Gasteiger partial charge in [-0.15, -0.1) is 0 Å². The Hall–Kier alpha value is -3.67. The third kappa shape index (κ3) is 6.91. The molecule has 0 aliphatic rings. The standard InChI is InChI=1S/C27H30N2O4/c1-18(2)14-23-15-24(22-12-10-19(3)11-13-22)25(20(4)29-23)26(30)33-17-28-27(31)32-16-21-8-6-5-7-9-21/h5-13,15,18H,14,16-17H2,1-4H3,(H,28,31). The van der Waals surface area contributed by atoms with Crippen molar-refractivity contribution >= 4 is 12.1 Å². The first-order valence-corrected chi connectivity index (χ1v) is 11.0. The lowest BCUT2D eigenvalue weighted by Crippen LogP contribution is -2.28. The summed E-state index contributed by atoms with van der Waals surface area (Å²) < 4.78 is 10.5. The van der Waals surface area contributed by atoms with Crippen molar-refractivity contribution < 1.29 is 19.1 Å². The molecule has 1 N–H and O–H groups in total. The molecule has 1 heterocycles. The Bertz CT molecular complexity index is 1090. The number of ether oxygens (including phenoxy) is 2. The number of pyridine rings is 1. The summed E-state index contributed by atoms with van der Waals surface area (Å²) in [6, 6.07) is 19.3. The molecule has 33 heavy (non-hydrogen) atoms. The lowest BCUT2D eigenvalue weighted by Gasteiger charge is -2.15. The molecule has 3 aromatic rings. The van der Waals surface area contributed by atoms with Crippen molar-refractivity contribution in [3.8, 4) is 11.1 Å². The van der Waals surface area contributed by atoms with E-state index in [2.05, 4.69) is 24.1 Å². The number of aromatic nitrogens is 1. The number of rotatable bonds is 8. The van der Waals surface area contributed by atoms with Gasteiger partial charge in [0.1, 0.15) is 6.61 Å². The largest absolute Gasteiger partial charge is 0.445 e. The van der Waals surface area contributed by atoms with Crippen molar-refractivity contribution in [2.75, 3.05) is 6.73 Å². The van der Waals surface area contributed by atoms with Crippen LogP contribution in [0.5, 0.6) is 0 Å². The number of benzene rings is 2. The molecule has 3 rings (SSSR count). The van der Waals surface area contributed by atoms with Crippen LogP contribution in [0.25, 0.3) is 11.1 Å². The van der Waals surface area contributed by atoms with Crippen molar-refractivity contribution in [2.45, 2.75) is 40.7 Å². The summed E-state index contributed by atoms with van der Waals surface area (Å²) in [4.78, 5) is 29.5. The van der Waals surface area contributed by atoms with E-state index < -0.39 is 12.1 Å². The van der Waals surface area contributed by atoms with Crippen molar-refractivity contribution in [1.29, 1.82) is 0 Å². The minimum atomic E-state index is -0.660. The molecular formula is C27H30N2O4. The van der Waals surface area contributed by atoms with Crippen molar-refractivity contribution in [2.24, 2.45) is 5.92 Å². The first kappa shape index (κ1) is 24.0. The summed E-state index contributed by atoms with van der Waals surface area (Å²) in [7, 11) is 0. The summed E-state index contributed by atoms with van der Waals surface area (Å²) in [6.07, 6.45) is 0.150. The molecule has 0 aliphatic carbocycles. The van der Waals surface area contributed by atoms with Gasteiger partial charge in [-0.25, -0.2) is 9.59 Å². The fourth-order valence-corrected chi connectivity index (χ4v) is 3.49. The Labute approximate surface area is 195 Å². The second-order valence-electron chi connectivity index (χ2n) is 8.40. The maximum absolute atomic E-state index is 13.0. The van der Waals surface area contributed by atoms with Crippen LogP contribution in [0, 0.1) is 19.8 Å². The number of nitrogens with one attached hydrogen (secondary N) is 1. The summed E-state index contributed by atoms with van der Waals surface area (Å²) in [5.41, 5.74) is 5.61. The smallest absolute Gasteiger partial charge is 0.410 e. The van der Waals surface area contributed by atoms with Gasteiger partial charge < -0.3 is 9.47 Å². The summed E-state index contributed by atoms with van der Waals surface area (Å²) in [6.45, 7) is 7.93. The molecule has 0 bridgehead atoms. The van der Waals surface area contributed by atoms with Crippen LogP contribution in [0.2, 0.25) is 0 Å². The van der Waals surface area contributed by atoms with Crippen LogP contribution in [0.1, 0.15) is 46.7 Å². The van der Waals surface area contributed by atoms with E-state index in [4.69, 9.17) is 9.47 Å². The van der Waals surface area contributed by atoms with E-state index in [0.717, 1.165) is 34.4 Å². The number of esters is 1. The highest BCUT2D eigenvalue weighted by molar-refractivity contribution is 5.98. The van der Waals surface area contributed by atoms with Gasteiger partial charge in [-0.2, -0.15) is 0 Å². The van der Waals surface area contributed by atoms with E-state index in [9.17, 15) is 9.59 Å². The van der Waals surface area contributed by atoms with Gasteiger partial charge in [0.25, 0.3) is 0 Å². The van der Waals surface area contributed by atoms with E-state index in [1.54, 1.807) is 6.92 Å². The van der Waals surface area contributed by atoms with Crippen LogP contribution >= 0.6 is 0 Å². The van der Waals surface area contributed by atoms with E-state index in [1.165, 1.54) is 0 Å². The molecule has 0 atom stereocenters. The molecule has 0 saturated carbocycles. The molecule has 6 nitrogen and oxygen atoms in total. The minimum Gasteiger partial charge on any atom is -0.445 e. The van der Waals surface area contributed by atoms with E-state index in [0.29, 0.717) is 17.2 Å². The molecule has 1 aromatic heterocycles. The fraction of sp³-hybridized carbons (Fsp3) is 0.296. The monoisotopic (exact) mass is 446 g/mol. The fourth-order valence-electron chi connectivity index (χ4n) is 3.49. The maximum Gasteiger partial charge on any atom is 0.410 e. The summed E-state index contributed by atoms with van der Waals surface area (Å²) in [5, 5.41) is 2.45. The Morgan fingerprint density at radius 2 is 1.67 bits per heavy atom. The van der Waals surface area contributed by atoms with Gasteiger partial charge in [-0.3, -0.25) is 10.3 Å². The number of carbonyl (C=O) groups excluding carboxylic acids is 2. The van der Waals surface area contributed by atoms with Gasteiger partial charge in [0.05, 0.1) is 11.3 Å². The number of alkyl carbamates (subject to hydrolysis) is 1. The van der Waals surface area contributed by atoms with Gasteiger partial charge >= 0.3 is 12.1 Å². The number of hydrogen-bond acceptors (Lipinski definition) is 5. The maximum atomic E-state index is 13.0. The van der Waals surface area contributed by atoms with Crippen LogP contribution in [0.15, 0.2) is 60.7 Å². The molecule has 0 radical (unpaired) electrons. The van der Waals surface area contributed by atoms with Crippen LogP contribution in [0.4, 0.5) is 4.79 Å². The highest BCUT2D eigenvalue weighted by Crippen LogP contribution is 2.28. The molecule has 0 saturated heterocycles. The zero-order valence-electron chi connectivity index (χ0n) is 19.6. The molecular weight excluding hydrogens is 416 g/mol. The molecule has 0 aliphatic heterocycles. The second kappa shape index (κ2) is 11.3. The van der Waals surface area contributed by atoms with Crippen molar-refractivity contribution in [1.82, 2.24) is 10.3 Å². The molecule has 1 amide bonds. The van der Waals surface area contributed by atoms with Gasteiger partial charge in [0.15, 0.2) is 6.73 Å². The SMILES string of the molecule is Cc1ccc(-c2cc(CC(C)C)nc(C)c2C(=O)OCNC(=O)OCc2ccccc2)cc1. The van der Waals surface area contributed by atoms with Crippen LogP contribution in [-0.2, 0) is 22.5 Å². The van der Waals surface area contributed by atoms with E-state index >= 15 is 0 Å². The van der Waals surface area contributed by atoms with E-state index in [-0.39, 0.29) is 13.3 Å². The third-order valence-corrected chi connectivity index (χ3v) is 5.07. The Morgan fingerprint density at radius 3 is 2.33 bits per heavy atom. The lowest BCUT2D eigenvalue weighted by atomic mass is 9.95. The average molecular weight is 447 g/mol.